The van der Waals surface area contributed by atoms with E-state index >= 15 is 0 Å². The van der Waals surface area contributed by atoms with Crippen molar-refractivity contribution in [3.63, 3.8) is 0 Å². The van der Waals surface area contributed by atoms with Gasteiger partial charge in [-0.15, -0.1) is 0 Å². The predicted molar refractivity (Wildman–Crippen MR) is 73.5 cm³/mol. The van der Waals surface area contributed by atoms with Crippen molar-refractivity contribution >= 4 is 35.2 Å². The Hall–Kier alpha value is -2.28. The number of halogens is 1. The van der Waals surface area contributed by atoms with Crippen LogP contribution in [0.1, 0.15) is 12.8 Å². The highest BCUT2D eigenvalue weighted by atomic mass is 35.5. The zero-order chi connectivity index (χ0) is 15.1. The van der Waals surface area contributed by atoms with Crippen LogP contribution in [0.3, 0.4) is 0 Å². The number of amides is 3. The minimum atomic E-state index is -1.25. The van der Waals surface area contributed by atoms with Crippen LogP contribution in [0.4, 0.5) is 10.5 Å². The largest absolute Gasteiger partial charge is 0.480 e. The highest BCUT2D eigenvalue weighted by Gasteiger charge is 2.20. The fourth-order valence-electron chi connectivity index (χ4n) is 1.42. The summed E-state index contributed by atoms with van der Waals surface area (Å²) in [6, 6.07) is 4.58. The standard InChI is InChI=1S/C12H14ClN3O4/c13-7-3-1-2-4-8(7)15-12(20)16-9(11(18)19)5-6-10(14)17/h1-4,9H,5-6H2,(H2,14,17)(H,18,19)(H2,15,16,20)/t9-/m0/s1. The SMILES string of the molecule is NC(=O)CC[C@H](NC(=O)Nc1ccccc1Cl)C(=O)O. The molecule has 3 amide bonds. The molecule has 1 atom stereocenters. The lowest BCUT2D eigenvalue weighted by atomic mass is 10.1. The Morgan fingerprint density at radius 1 is 1.30 bits per heavy atom. The fraction of sp³-hybridized carbons (Fsp3) is 0.250. The third-order valence-corrected chi connectivity index (χ3v) is 2.73. The quantitative estimate of drug-likeness (QED) is 0.630. The number of primary amides is 1. The fourth-order valence-corrected chi connectivity index (χ4v) is 1.61. The molecule has 20 heavy (non-hydrogen) atoms. The first kappa shape index (κ1) is 15.8. The molecule has 0 unspecified atom stereocenters. The predicted octanol–water partition coefficient (Wildman–Crippen LogP) is 1.18. The first-order valence-electron chi connectivity index (χ1n) is 5.73. The van der Waals surface area contributed by atoms with E-state index in [0.717, 1.165) is 0 Å². The van der Waals surface area contributed by atoms with E-state index in [-0.39, 0.29) is 12.8 Å². The number of nitrogens with two attached hydrogens (primary N) is 1. The average Bonchev–Trinajstić information content (AvgIpc) is 2.36. The van der Waals surface area contributed by atoms with Crippen LogP contribution >= 0.6 is 11.6 Å². The molecule has 0 spiro atoms. The number of carboxylic acids is 1. The molecule has 5 N–H and O–H groups in total. The molecule has 1 rings (SSSR count). The molecule has 0 aliphatic carbocycles. The van der Waals surface area contributed by atoms with Crippen LogP contribution in [0.2, 0.25) is 5.02 Å². The summed E-state index contributed by atoms with van der Waals surface area (Å²) in [6.07, 6.45) is -0.218. The number of hydrogen-bond donors (Lipinski definition) is 4. The van der Waals surface area contributed by atoms with Gasteiger partial charge in [-0.1, -0.05) is 23.7 Å². The maximum absolute atomic E-state index is 11.7. The van der Waals surface area contributed by atoms with Crippen LogP contribution in [-0.2, 0) is 9.59 Å². The van der Waals surface area contributed by atoms with Crippen LogP contribution < -0.4 is 16.4 Å². The van der Waals surface area contributed by atoms with Gasteiger partial charge in [0.15, 0.2) is 0 Å². The van der Waals surface area contributed by atoms with E-state index in [0.29, 0.717) is 10.7 Å². The Balaban J connectivity index is 2.60. The van der Waals surface area contributed by atoms with Gasteiger partial charge in [-0.2, -0.15) is 0 Å². The number of aliphatic carboxylic acids is 1. The van der Waals surface area contributed by atoms with E-state index in [9.17, 15) is 14.4 Å². The van der Waals surface area contributed by atoms with Crippen molar-refractivity contribution in [1.82, 2.24) is 5.32 Å². The molecule has 0 aliphatic heterocycles. The number of rotatable bonds is 6. The van der Waals surface area contributed by atoms with Crippen LogP contribution in [0.25, 0.3) is 0 Å². The Morgan fingerprint density at radius 3 is 2.50 bits per heavy atom. The molecular formula is C12H14ClN3O4. The van der Waals surface area contributed by atoms with Gasteiger partial charge in [-0.3, -0.25) is 4.79 Å². The first-order valence-corrected chi connectivity index (χ1v) is 6.11. The van der Waals surface area contributed by atoms with E-state index in [4.69, 9.17) is 22.4 Å². The van der Waals surface area contributed by atoms with Crippen molar-refractivity contribution in [2.45, 2.75) is 18.9 Å². The summed E-state index contributed by atoms with van der Waals surface area (Å²) in [5, 5.41) is 13.9. The van der Waals surface area contributed by atoms with E-state index in [1.54, 1.807) is 24.3 Å². The first-order chi connectivity index (χ1) is 9.40. The monoisotopic (exact) mass is 299 g/mol. The summed E-state index contributed by atoms with van der Waals surface area (Å²) in [5.74, 6) is -1.88. The van der Waals surface area contributed by atoms with Gasteiger partial charge in [0.25, 0.3) is 0 Å². The van der Waals surface area contributed by atoms with Gasteiger partial charge in [0.2, 0.25) is 5.91 Å². The second-order valence-corrected chi connectivity index (χ2v) is 4.38. The van der Waals surface area contributed by atoms with E-state index in [2.05, 4.69) is 10.6 Å². The molecule has 7 nitrogen and oxygen atoms in total. The lowest BCUT2D eigenvalue weighted by molar-refractivity contribution is -0.139. The summed E-state index contributed by atoms with van der Waals surface area (Å²) in [5.41, 5.74) is 5.29. The molecule has 0 heterocycles. The molecule has 1 aromatic carbocycles. The molecule has 0 saturated carbocycles. The topological polar surface area (TPSA) is 122 Å². The Labute approximate surface area is 120 Å². The molecular weight excluding hydrogens is 286 g/mol. The highest BCUT2D eigenvalue weighted by Crippen LogP contribution is 2.20. The van der Waals surface area contributed by atoms with E-state index in [1.807, 2.05) is 0 Å². The van der Waals surface area contributed by atoms with Gasteiger partial charge < -0.3 is 21.5 Å². The van der Waals surface area contributed by atoms with Crippen molar-refractivity contribution in [2.24, 2.45) is 5.73 Å². The number of benzene rings is 1. The number of carbonyl (C=O) groups excluding carboxylic acids is 2. The normalized spacial score (nSPS) is 11.4. The number of hydrogen-bond acceptors (Lipinski definition) is 3. The van der Waals surface area contributed by atoms with E-state index in [1.165, 1.54) is 0 Å². The van der Waals surface area contributed by atoms with Crippen molar-refractivity contribution in [2.75, 3.05) is 5.32 Å². The maximum Gasteiger partial charge on any atom is 0.326 e. The number of nitrogens with one attached hydrogen (secondary N) is 2. The van der Waals surface area contributed by atoms with Crippen LogP contribution in [0, 0.1) is 0 Å². The molecule has 0 aromatic heterocycles. The van der Waals surface area contributed by atoms with Gasteiger partial charge in [0.1, 0.15) is 6.04 Å². The second kappa shape index (κ2) is 7.34. The number of anilines is 1. The molecule has 0 radical (unpaired) electrons. The molecule has 8 heteroatoms. The summed E-state index contributed by atoms with van der Waals surface area (Å²) >= 11 is 5.85. The molecule has 0 saturated heterocycles. The summed E-state index contributed by atoms with van der Waals surface area (Å²) < 4.78 is 0. The summed E-state index contributed by atoms with van der Waals surface area (Å²) in [6.45, 7) is 0. The molecule has 0 aliphatic rings. The molecule has 1 aromatic rings. The minimum Gasteiger partial charge on any atom is -0.480 e. The molecule has 0 bridgehead atoms. The van der Waals surface area contributed by atoms with Gasteiger partial charge in [0, 0.05) is 6.42 Å². The smallest absolute Gasteiger partial charge is 0.326 e. The molecule has 108 valence electrons. The maximum atomic E-state index is 11.7. The van der Waals surface area contributed by atoms with Crippen LogP contribution in [-0.4, -0.2) is 29.1 Å². The molecule has 0 fully saturated rings. The average molecular weight is 300 g/mol. The third-order valence-electron chi connectivity index (χ3n) is 2.40. The van der Waals surface area contributed by atoms with Gasteiger partial charge in [0.05, 0.1) is 10.7 Å². The summed E-state index contributed by atoms with van der Waals surface area (Å²) in [4.78, 5) is 33.2. The third kappa shape index (κ3) is 5.15. The van der Waals surface area contributed by atoms with Crippen molar-refractivity contribution in [1.29, 1.82) is 0 Å². The number of urea groups is 1. The lowest BCUT2D eigenvalue weighted by Crippen LogP contribution is -2.43. The van der Waals surface area contributed by atoms with E-state index < -0.39 is 23.9 Å². The lowest BCUT2D eigenvalue weighted by Gasteiger charge is -2.14. The number of carboxylic acid groups (broad SMARTS) is 1. The Morgan fingerprint density at radius 2 is 1.95 bits per heavy atom. The van der Waals surface area contributed by atoms with Gasteiger partial charge in [-0.25, -0.2) is 9.59 Å². The van der Waals surface area contributed by atoms with Crippen molar-refractivity contribution in [3.8, 4) is 0 Å². The van der Waals surface area contributed by atoms with Crippen molar-refractivity contribution in [3.05, 3.63) is 29.3 Å². The van der Waals surface area contributed by atoms with Gasteiger partial charge >= 0.3 is 12.0 Å². The Kier molecular flexibility index (Phi) is 5.79. The van der Waals surface area contributed by atoms with Crippen LogP contribution in [0.5, 0.6) is 0 Å². The zero-order valence-electron chi connectivity index (χ0n) is 10.4. The minimum absolute atomic E-state index is 0.0827. The van der Waals surface area contributed by atoms with Crippen LogP contribution in [0.15, 0.2) is 24.3 Å². The highest BCUT2D eigenvalue weighted by molar-refractivity contribution is 6.33. The summed E-state index contributed by atoms with van der Waals surface area (Å²) in [7, 11) is 0. The number of para-hydroxylation sites is 1. The second-order valence-electron chi connectivity index (χ2n) is 3.97. The van der Waals surface area contributed by atoms with Crippen molar-refractivity contribution < 1.29 is 19.5 Å². The number of carbonyl (C=O) groups is 3. The zero-order valence-corrected chi connectivity index (χ0v) is 11.2. The van der Waals surface area contributed by atoms with Gasteiger partial charge in [-0.05, 0) is 18.6 Å². The Bertz CT molecular complexity index is 521.